The Balaban J connectivity index is 2.29. The Morgan fingerprint density at radius 2 is 2.06 bits per heavy atom. The summed E-state index contributed by atoms with van der Waals surface area (Å²) in [7, 11) is 0. The van der Waals surface area contributed by atoms with Gasteiger partial charge in [0.15, 0.2) is 5.65 Å². The van der Waals surface area contributed by atoms with Crippen molar-refractivity contribution in [3.63, 3.8) is 0 Å². The average Bonchev–Trinajstić information content (AvgIpc) is 2.76. The molecule has 2 heterocycles. The van der Waals surface area contributed by atoms with Crippen LogP contribution in [0.5, 0.6) is 0 Å². The summed E-state index contributed by atoms with van der Waals surface area (Å²) >= 11 is 0. The number of fused-ring (bicyclic) bond motifs is 1. The van der Waals surface area contributed by atoms with Crippen LogP contribution in [0.15, 0.2) is 48.9 Å². The van der Waals surface area contributed by atoms with E-state index in [0.717, 1.165) is 16.8 Å². The molecule has 0 spiro atoms. The molecular weight excluding hydrogens is 205 g/mol. The smallest absolute Gasteiger partial charge is 0.163 e. The van der Waals surface area contributed by atoms with Crippen molar-refractivity contribution in [2.24, 2.45) is 0 Å². The second-order valence-electron chi connectivity index (χ2n) is 3.46. The van der Waals surface area contributed by atoms with Gasteiger partial charge in [0.05, 0.1) is 0 Å². The third-order valence-corrected chi connectivity index (χ3v) is 2.44. The Hall–Kier alpha value is -2.23. The molecule has 2 aromatic heterocycles. The Morgan fingerprint density at radius 1 is 1.12 bits per heavy atom. The van der Waals surface area contributed by atoms with E-state index >= 15 is 0 Å². The molecule has 0 bridgehead atoms. The van der Waals surface area contributed by atoms with Gasteiger partial charge in [0.2, 0.25) is 0 Å². The first-order valence-corrected chi connectivity index (χ1v) is 4.89. The van der Waals surface area contributed by atoms with Crippen molar-refractivity contribution in [1.82, 2.24) is 14.6 Å². The van der Waals surface area contributed by atoms with Crippen molar-refractivity contribution in [2.75, 3.05) is 0 Å². The van der Waals surface area contributed by atoms with Crippen LogP contribution >= 0.6 is 0 Å². The van der Waals surface area contributed by atoms with Gasteiger partial charge in [-0.1, -0.05) is 12.1 Å². The molecule has 0 radical (unpaired) electrons. The summed E-state index contributed by atoms with van der Waals surface area (Å²) in [5.74, 6) is -0.251. The van der Waals surface area contributed by atoms with E-state index in [-0.39, 0.29) is 5.82 Å². The Labute approximate surface area is 91.2 Å². The van der Waals surface area contributed by atoms with E-state index < -0.39 is 0 Å². The van der Waals surface area contributed by atoms with E-state index in [4.69, 9.17) is 0 Å². The fourth-order valence-electron chi connectivity index (χ4n) is 1.73. The van der Waals surface area contributed by atoms with Crippen molar-refractivity contribution in [2.45, 2.75) is 0 Å². The average molecular weight is 213 g/mol. The van der Waals surface area contributed by atoms with E-state index in [1.165, 1.54) is 18.5 Å². The van der Waals surface area contributed by atoms with Crippen molar-refractivity contribution in [3.05, 3.63) is 54.7 Å². The summed E-state index contributed by atoms with van der Waals surface area (Å²) in [4.78, 5) is 4.15. The van der Waals surface area contributed by atoms with Crippen LogP contribution in [0.3, 0.4) is 0 Å². The molecule has 0 unspecified atom stereocenters. The van der Waals surface area contributed by atoms with Crippen LogP contribution in [0.25, 0.3) is 16.8 Å². The molecule has 3 rings (SSSR count). The molecule has 0 amide bonds. The van der Waals surface area contributed by atoms with Gasteiger partial charge in [0, 0.05) is 11.8 Å². The second kappa shape index (κ2) is 3.41. The Kier molecular flexibility index (Phi) is 1.93. The molecule has 0 saturated carbocycles. The Morgan fingerprint density at radius 3 is 2.94 bits per heavy atom. The van der Waals surface area contributed by atoms with Crippen molar-refractivity contribution in [1.29, 1.82) is 0 Å². The number of benzene rings is 1. The summed E-state index contributed by atoms with van der Waals surface area (Å²) in [5, 5.41) is 4.04. The highest BCUT2D eigenvalue weighted by Crippen LogP contribution is 2.23. The SMILES string of the molecule is Fc1cccc(-c2cccn3ncnc23)c1. The number of hydrogen-bond acceptors (Lipinski definition) is 2. The van der Waals surface area contributed by atoms with Crippen LogP contribution in [-0.2, 0) is 0 Å². The van der Waals surface area contributed by atoms with Crippen LogP contribution in [-0.4, -0.2) is 14.6 Å². The van der Waals surface area contributed by atoms with E-state index in [9.17, 15) is 4.39 Å². The van der Waals surface area contributed by atoms with Gasteiger partial charge in [0.25, 0.3) is 0 Å². The summed E-state index contributed by atoms with van der Waals surface area (Å²) in [6.07, 6.45) is 3.29. The van der Waals surface area contributed by atoms with Crippen LogP contribution in [0.2, 0.25) is 0 Å². The molecule has 4 heteroatoms. The van der Waals surface area contributed by atoms with E-state index in [1.54, 1.807) is 10.6 Å². The van der Waals surface area contributed by atoms with Gasteiger partial charge in [-0.3, -0.25) is 0 Å². The fraction of sp³-hybridized carbons (Fsp3) is 0. The van der Waals surface area contributed by atoms with Crippen molar-refractivity contribution >= 4 is 5.65 Å². The summed E-state index contributed by atoms with van der Waals surface area (Å²) in [6.45, 7) is 0. The third-order valence-electron chi connectivity index (χ3n) is 2.44. The minimum absolute atomic E-state index is 0.251. The molecule has 0 aliphatic heterocycles. The van der Waals surface area contributed by atoms with Gasteiger partial charge in [-0.25, -0.2) is 13.9 Å². The predicted octanol–water partition coefficient (Wildman–Crippen LogP) is 2.54. The maximum atomic E-state index is 13.1. The lowest BCUT2D eigenvalue weighted by Gasteiger charge is -2.02. The summed E-state index contributed by atoms with van der Waals surface area (Å²) in [5.41, 5.74) is 2.41. The quantitative estimate of drug-likeness (QED) is 0.621. The number of pyridine rings is 1. The molecule has 78 valence electrons. The minimum atomic E-state index is -0.251. The number of hydrogen-bond donors (Lipinski definition) is 0. The van der Waals surface area contributed by atoms with Crippen LogP contribution in [0, 0.1) is 5.82 Å². The van der Waals surface area contributed by atoms with E-state index in [0.29, 0.717) is 0 Å². The molecular formula is C12H8FN3. The standard InChI is InChI=1S/C12H8FN3/c13-10-4-1-3-9(7-10)11-5-2-6-16-12(11)14-8-15-16/h1-8H. The first-order valence-electron chi connectivity index (χ1n) is 4.89. The number of rotatable bonds is 1. The van der Waals surface area contributed by atoms with E-state index in [2.05, 4.69) is 10.1 Å². The maximum Gasteiger partial charge on any atom is 0.163 e. The molecule has 0 aliphatic rings. The second-order valence-corrected chi connectivity index (χ2v) is 3.46. The predicted molar refractivity (Wildman–Crippen MR) is 58.4 cm³/mol. The van der Waals surface area contributed by atoms with Gasteiger partial charge in [-0.05, 0) is 29.8 Å². The molecule has 3 aromatic rings. The molecule has 3 nitrogen and oxygen atoms in total. The largest absolute Gasteiger partial charge is 0.221 e. The van der Waals surface area contributed by atoms with Crippen LogP contribution in [0.1, 0.15) is 0 Å². The lowest BCUT2D eigenvalue weighted by atomic mass is 10.1. The normalized spacial score (nSPS) is 10.8. The van der Waals surface area contributed by atoms with Crippen LogP contribution < -0.4 is 0 Å². The molecule has 0 fully saturated rings. The topological polar surface area (TPSA) is 30.2 Å². The monoisotopic (exact) mass is 213 g/mol. The van der Waals surface area contributed by atoms with Gasteiger partial charge in [0.1, 0.15) is 12.1 Å². The van der Waals surface area contributed by atoms with Gasteiger partial charge >= 0.3 is 0 Å². The fourth-order valence-corrected chi connectivity index (χ4v) is 1.73. The zero-order valence-electron chi connectivity index (χ0n) is 8.34. The molecule has 1 aromatic carbocycles. The lowest BCUT2D eigenvalue weighted by molar-refractivity contribution is 0.628. The zero-order chi connectivity index (χ0) is 11.0. The highest BCUT2D eigenvalue weighted by atomic mass is 19.1. The van der Waals surface area contributed by atoms with E-state index in [1.807, 2.05) is 24.4 Å². The third kappa shape index (κ3) is 1.35. The maximum absolute atomic E-state index is 13.1. The molecule has 0 aliphatic carbocycles. The van der Waals surface area contributed by atoms with Crippen LogP contribution in [0.4, 0.5) is 4.39 Å². The first kappa shape index (κ1) is 9.03. The summed E-state index contributed by atoms with van der Waals surface area (Å²) in [6, 6.07) is 10.2. The number of aromatic nitrogens is 3. The molecule has 0 saturated heterocycles. The molecule has 0 atom stereocenters. The summed E-state index contributed by atoms with van der Waals surface area (Å²) < 4.78 is 14.8. The Bertz CT molecular complexity index is 645. The van der Waals surface area contributed by atoms with Crippen molar-refractivity contribution < 1.29 is 4.39 Å². The highest BCUT2D eigenvalue weighted by Gasteiger charge is 2.05. The first-order chi connectivity index (χ1) is 7.84. The lowest BCUT2D eigenvalue weighted by Crippen LogP contribution is -1.89. The van der Waals surface area contributed by atoms with Gasteiger partial charge in [-0.15, -0.1) is 0 Å². The van der Waals surface area contributed by atoms with Gasteiger partial charge in [-0.2, -0.15) is 5.10 Å². The van der Waals surface area contributed by atoms with Gasteiger partial charge < -0.3 is 0 Å². The zero-order valence-corrected chi connectivity index (χ0v) is 8.34. The highest BCUT2D eigenvalue weighted by molar-refractivity contribution is 5.76. The molecule has 16 heavy (non-hydrogen) atoms. The number of halogens is 1. The minimum Gasteiger partial charge on any atom is -0.221 e. The number of nitrogens with zero attached hydrogens (tertiary/aromatic N) is 3. The van der Waals surface area contributed by atoms with Crippen molar-refractivity contribution in [3.8, 4) is 11.1 Å². The molecule has 0 N–H and O–H groups in total.